The highest BCUT2D eigenvalue weighted by Gasteiger charge is 2.19. The van der Waals surface area contributed by atoms with Crippen LogP contribution < -0.4 is 10.5 Å². The van der Waals surface area contributed by atoms with E-state index < -0.39 is 10.0 Å². The molecule has 0 radical (unpaired) electrons. The zero-order chi connectivity index (χ0) is 14.6. The van der Waals surface area contributed by atoms with Crippen molar-refractivity contribution in [2.24, 2.45) is 0 Å². The lowest BCUT2D eigenvalue weighted by atomic mass is 10.3. The zero-order valence-electron chi connectivity index (χ0n) is 10.8. The number of nitrogen functional groups attached to an aromatic ring is 1. The van der Waals surface area contributed by atoms with Gasteiger partial charge in [-0.2, -0.15) is 0 Å². The highest BCUT2D eigenvalue weighted by atomic mass is 79.9. The second kappa shape index (κ2) is 6.90. The van der Waals surface area contributed by atoms with Crippen LogP contribution >= 0.6 is 27.5 Å². The first-order valence-electron chi connectivity index (χ1n) is 5.70. The van der Waals surface area contributed by atoms with Gasteiger partial charge >= 0.3 is 0 Å². The van der Waals surface area contributed by atoms with Crippen molar-refractivity contribution in [2.45, 2.75) is 11.8 Å². The lowest BCUT2D eigenvalue weighted by Crippen LogP contribution is -2.33. The summed E-state index contributed by atoms with van der Waals surface area (Å²) in [6.07, 6.45) is 0. The Balaban J connectivity index is 2.89. The molecule has 0 bridgehead atoms. The van der Waals surface area contributed by atoms with Crippen LogP contribution in [0.2, 0.25) is 5.02 Å². The number of anilines is 1. The Kier molecular flexibility index (Phi) is 6.07. The first-order chi connectivity index (χ1) is 8.77. The number of hydrogen-bond acceptors (Lipinski definition) is 4. The van der Waals surface area contributed by atoms with Crippen molar-refractivity contribution >= 4 is 43.2 Å². The number of nitrogens with zero attached hydrogens (tertiary/aromatic N) is 1. The van der Waals surface area contributed by atoms with Crippen LogP contribution in [0.4, 0.5) is 5.69 Å². The Bertz CT molecular complexity index is 551. The SMILES string of the molecule is CCN(C)CCNS(=O)(=O)c1cc(Cl)cc(N)c1Br. The van der Waals surface area contributed by atoms with Gasteiger partial charge in [0.15, 0.2) is 0 Å². The summed E-state index contributed by atoms with van der Waals surface area (Å²) in [6.45, 7) is 3.81. The number of rotatable bonds is 6. The van der Waals surface area contributed by atoms with Crippen LogP contribution in [-0.2, 0) is 10.0 Å². The molecule has 5 nitrogen and oxygen atoms in total. The Morgan fingerprint density at radius 1 is 1.47 bits per heavy atom. The zero-order valence-corrected chi connectivity index (χ0v) is 13.9. The maximum absolute atomic E-state index is 12.2. The van der Waals surface area contributed by atoms with E-state index in [1.165, 1.54) is 12.1 Å². The molecule has 0 saturated heterocycles. The van der Waals surface area contributed by atoms with Crippen LogP contribution in [0.5, 0.6) is 0 Å². The van der Waals surface area contributed by atoms with Crippen molar-refractivity contribution in [2.75, 3.05) is 32.4 Å². The molecule has 0 amide bonds. The third-order valence-corrected chi connectivity index (χ3v) is 5.50. The molecule has 0 spiro atoms. The van der Waals surface area contributed by atoms with Crippen molar-refractivity contribution in [3.05, 3.63) is 21.6 Å². The maximum atomic E-state index is 12.2. The molecular weight excluding hydrogens is 354 g/mol. The first kappa shape index (κ1) is 16.7. The van der Waals surface area contributed by atoms with E-state index in [1.807, 2.05) is 18.9 Å². The molecule has 0 aromatic heterocycles. The quantitative estimate of drug-likeness (QED) is 0.750. The summed E-state index contributed by atoms with van der Waals surface area (Å²) in [4.78, 5) is 2.06. The summed E-state index contributed by atoms with van der Waals surface area (Å²) in [5.41, 5.74) is 5.98. The second-order valence-corrected chi connectivity index (χ2v) is 7.07. The maximum Gasteiger partial charge on any atom is 0.241 e. The number of sulfonamides is 1. The Morgan fingerprint density at radius 3 is 2.68 bits per heavy atom. The number of halogens is 2. The van der Waals surface area contributed by atoms with E-state index >= 15 is 0 Å². The molecule has 1 aromatic rings. The Hall–Kier alpha value is -0.340. The van der Waals surface area contributed by atoms with Gasteiger partial charge < -0.3 is 10.6 Å². The van der Waals surface area contributed by atoms with E-state index in [0.29, 0.717) is 23.2 Å². The minimum atomic E-state index is -3.63. The molecule has 0 saturated carbocycles. The van der Waals surface area contributed by atoms with Gasteiger partial charge in [-0.25, -0.2) is 13.1 Å². The highest BCUT2D eigenvalue weighted by molar-refractivity contribution is 9.10. The largest absolute Gasteiger partial charge is 0.398 e. The third-order valence-electron chi connectivity index (χ3n) is 2.65. The molecule has 3 N–H and O–H groups in total. The van der Waals surface area contributed by atoms with Gasteiger partial charge in [-0.05, 0) is 41.7 Å². The number of hydrogen-bond donors (Lipinski definition) is 2. The Morgan fingerprint density at radius 2 is 2.11 bits per heavy atom. The molecule has 8 heteroatoms. The molecule has 0 unspecified atom stereocenters. The van der Waals surface area contributed by atoms with E-state index in [0.717, 1.165) is 6.54 Å². The normalized spacial score (nSPS) is 12.1. The predicted molar refractivity (Wildman–Crippen MR) is 81.9 cm³/mol. The molecule has 0 heterocycles. The van der Waals surface area contributed by atoms with Crippen LogP contribution in [0.15, 0.2) is 21.5 Å². The van der Waals surface area contributed by atoms with Crippen LogP contribution in [-0.4, -0.2) is 40.0 Å². The average molecular weight is 371 g/mol. The van der Waals surface area contributed by atoms with Crippen molar-refractivity contribution in [1.82, 2.24) is 9.62 Å². The monoisotopic (exact) mass is 369 g/mol. The van der Waals surface area contributed by atoms with Gasteiger partial charge in [0.25, 0.3) is 0 Å². The first-order valence-corrected chi connectivity index (χ1v) is 8.36. The number of nitrogens with one attached hydrogen (secondary N) is 1. The Labute approximate surface area is 127 Å². The molecule has 0 aliphatic heterocycles. The summed E-state index contributed by atoms with van der Waals surface area (Å²) >= 11 is 9.01. The van der Waals surface area contributed by atoms with Gasteiger partial charge in [-0.1, -0.05) is 18.5 Å². The number of benzene rings is 1. The van der Waals surface area contributed by atoms with Crippen LogP contribution in [0.3, 0.4) is 0 Å². The fourth-order valence-corrected chi connectivity index (χ4v) is 3.70. The predicted octanol–water partition coefficient (Wildman–Crippen LogP) is 1.91. The van der Waals surface area contributed by atoms with Gasteiger partial charge in [0, 0.05) is 23.8 Å². The molecule has 0 fully saturated rings. The summed E-state index contributed by atoms with van der Waals surface area (Å²) in [5, 5.41) is 0.284. The van der Waals surface area contributed by atoms with E-state index in [-0.39, 0.29) is 9.92 Å². The summed E-state index contributed by atoms with van der Waals surface area (Å²) in [5.74, 6) is 0. The van der Waals surface area contributed by atoms with Crippen LogP contribution in [0, 0.1) is 0 Å². The summed E-state index contributed by atoms with van der Waals surface area (Å²) < 4.78 is 27.2. The van der Waals surface area contributed by atoms with Gasteiger partial charge in [0.05, 0.1) is 9.37 Å². The molecule has 0 aliphatic carbocycles. The van der Waals surface area contributed by atoms with Gasteiger partial charge in [-0.15, -0.1) is 0 Å². The van der Waals surface area contributed by atoms with Crippen LogP contribution in [0.1, 0.15) is 6.92 Å². The minimum absolute atomic E-state index is 0.0525. The van der Waals surface area contributed by atoms with Crippen molar-refractivity contribution in [3.8, 4) is 0 Å². The lowest BCUT2D eigenvalue weighted by Gasteiger charge is -2.15. The molecular formula is C11H17BrClN3O2S. The lowest BCUT2D eigenvalue weighted by molar-refractivity contribution is 0.358. The molecule has 0 atom stereocenters. The average Bonchev–Trinajstić information content (AvgIpc) is 2.33. The topological polar surface area (TPSA) is 75.4 Å². The second-order valence-electron chi connectivity index (χ2n) is 4.10. The van der Waals surface area contributed by atoms with Gasteiger partial charge in [-0.3, -0.25) is 0 Å². The van der Waals surface area contributed by atoms with Crippen molar-refractivity contribution in [3.63, 3.8) is 0 Å². The summed E-state index contributed by atoms with van der Waals surface area (Å²) in [7, 11) is -1.71. The number of likely N-dealkylation sites (N-methyl/N-ethyl adjacent to an activating group) is 1. The fourth-order valence-electron chi connectivity index (χ4n) is 1.39. The summed E-state index contributed by atoms with van der Waals surface area (Å²) in [6, 6.07) is 2.86. The van der Waals surface area contributed by atoms with E-state index in [4.69, 9.17) is 17.3 Å². The number of nitrogens with two attached hydrogens (primary N) is 1. The highest BCUT2D eigenvalue weighted by Crippen LogP contribution is 2.31. The molecule has 1 rings (SSSR count). The minimum Gasteiger partial charge on any atom is -0.398 e. The molecule has 0 aliphatic rings. The van der Waals surface area contributed by atoms with Crippen molar-refractivity contribution in [1.29, 1.82) is 0 Å². The van der Waals surface area contributed by atoms with Crippen LogP contribution in [0.25, 0.3) is 0 Å². The third kappa shape index (κ3) is 4.61. The fraction of sp³-hybridized carbons (Fsp3) is 0.455. The van der Waals surface area contributed by atoms with Gasteiger partial charge in [0.2, 0.25) is 10.0 Å². The van der Waals surface area contributed by atoms with E-state index in [1.54, 1.807) is 0 Å². The van der Waals surface area contributed by atoms with E-state index in [9.17, 15) is 8.42 Å². The smallest absolute Gasteiger partial charge is 0.241 e. The van der Waals surface area contributed by atoms with E-state index in [2.05, 4.69) is 20.7 Å². The van der Waals surface area contributed by atoms with Crippen molar-refractivity contribution < 1.29 is 8.42 Å². The van der Waals surface area contributed by atoms with Gasteiger partial charge in [0.1, 0.15) is 0 Å². The standard InChI is InChI=1S/C11H17BrClN3O2S/c1-3-16(2)5-4-15-19(17,18)10-7-8(13)6-9(14)11(10)12/h6-7,15H,3-5,14H2,1-2H3. The molecule has 108 valence electrons. The molecule has 1 aromatic carbocycles. The molecule has 19 heavy (non-hydrogen) atoms.